The first-order valence-corrected chi connectivity index (χ1v) is 5.12. The molecule has 6 heteroatoms. The van der Waals surface area contributed by atoms with Crippen LogP contribution in [0.3, 0.4) is 0 Å². The van der Waals surface area contributed by atoms with E-state index in [1.807, 2.05) is 0 Å². The van der Waals surface area contributed by atoms with E-state index in [-0.39, 0.29) is 5.69 Å². The van der Waals surface area contributed by atoms with Gasteiger partial charge < -0.3 is 10.8 Å². The number of nitrogens with zero attached hydrogens (tertiary/aromatic N) is 1. The normalized spacial score (nSPS) is 10.1. The van der Waals surface area contributed by atoms with Gasteiger partial charge in [-0.15, -0.1) is 11.3 Å². The van der Waals surface area contributed by atoms with Crippen molar-refractivity contribution in [2.75, 3.05) is 12.3 Å². The molecule has 4 nitrogen and oxygen atoms in total. The minimum atomic E-state index is -0.981. The molecule has 1 rings (SSSR count). The Bertz CT molecular complexity index is 274. The summed E-state index contributed by atoms with van der Waals surface area (Å²) < 4.78 is 0.762. The van der Waals surface area contributed by atoms with Crippen LogP contribution < -0.4 is 5.73 Å². The van der Waals surface area contributed by atoms with Crippen molar-refractivity contribution in [1.82, 2.24) is 4.98 Å². The maximum Gasteiger partial charge on any atom is 0.355 e. The number of hydrogen-bond donors (Lipinski definition) is 2. The zero-order valence-corrected chi connectivity index (χ0v) is 7.82. The van der Waals surface area contributed by atoms with Crippen LogP contribution in [0.1, 0.15) is 10.5 Å². The summed E-state index contributed by atoms with van der Waals surface area (Å²) in [5.41, 5.74) is 5.39. The van der Waals surface area contributed by atoms with Crippen molar-refractivity contribution in [3.8, 4) is 0 Å². The van der Waals surface area contributed by atoms with Gasteiger partial charge in [0.2, 0.25) is 0 Å². The number of thioether (sulfide) groups is 1. The molecule has 0 radical (unpaired) electrons. The number of nitrogens with two attached hydrogens (primary N) is 1. The number of hydrogen-bond acceptors (Lipinski definition) is 5. The van der Waals surface area contributed by atoms with Crippen molar-refractivity contribution < 1.29 is 9.90 Å². The van der Waals surface area contributed by atoms with Crippen LogP contribution in [-0.4, -0.2) is 28.4 Å². The fraction of sp³-hybridized carbons (Fsp3) is 0.333. The molecule has 0 unspecified atom stereocenters. The number of aromatic carboxylic acids is 1. The van der Waals surface area contributed by atoms with Crippen LogP contribution in [0.5, 0.6) is 0 Å². The lowest BCUT2D eigenvalue weighted by Gasteiger charge is -1.90. The second-order valence-electron chi connectivity index (χ2n) is 1.94. The molecular weight excluding hydrogens is 196 g/mol. The van der Waals surface area contributed by atoms with Gasteiger partial charge in [-0.1, -0.05) is 11.8 Å². The molecule has 0 aliphatic carbocycles. The lowest BCUT2D eigenvalue weighted by molar-refractivity contribution is 0.0691. The highest BCUT2D eigenvalue weighted by Crippen LogP contribution is 2.21. The summed E-state index contributed by atoms with van der Waals surface area (Å²) in [6, 6.07) is 0. The highest BCUT2D eigenvalue weighted by atomic mass is 32.2. The second kappa shape index (κ2) is 4.44. The topological polar surface area (TPSA) is 76.2 Å². The highest BCUT2D eigenvalue weighted by Gasteiger charge is 2.07. The summed E-state index contributed by atoms with van der Waals surface area (Å²) in [4.78, 5) is 14.3. The zero-order valence-electron chi connectivity index (χ0n) is 6.19. The molecule has 0 aliphatic rings. The largest absolute Gasteiger partial charge is 0.476 e. The maximum atomic E-state index is 10.4. The van der Waals surface area contributed by atoms with Gasteiger partial charge in [0.05, 0.1) is 0 Å². The van der Waals surface area contributed by atoms with Gasteiger partial charge in [-0.05, 0) is 0 Å². The molecule has 0 amide bonds. The van der Waals surface area contributed by atoms with E-state index in [0.717, 1.165) is 10.1 Å². The van der Waals surface area contributed by atoms with Crippen molar-refractivity contribution in [3.63, 3.8) is 0 Å². The van der Waals surface area contributed by atoms with Gasteiger partial charge in [-0.2, -0.15) is 0 Å². The molecule has 0 aliphatic heterocycles. The van der Waals surface area contributed by atoms with Gasteiger partial charge in [0.1, 0.15) is 0 Å². The van der Waals surface area contributed by atoms with E-state index in [9.17, 15) is 4.79 Å². The Kier molecular flexibility index (Phi) is 3.51. The van der Waals surface area contributed by atoms with Crippen LogP contribution in [0.4, 0.5) is 0 Å². The SMILES string of the molecule is NCCSc1nc(C(=O)O)cs1. The van der Waals surface area contributed by atoms with Gasteiger partial charge >= 0.3 is 5.97 Å². The first-order valence-electron chi connectivity index (χ1n) is 3.25. The van der Waals surface area contributed by atoms with Crippen LogP contribution in [0.25, 0.3) is 0 Å². The summed E-state index contributed by atoms with van der Waals surface area (Å²) in [6.45, 7) is 0.576. The van der Waals surface area contributed by atoms with Gasteiger partial charge in [0.25, 0.3) is 0 Å². The van der Waals surface area contributed by atoms with E-state index >= 15 is 0 Å². The lowest BCUT2D eigenvalue weighted by Crippen LogP contribution is -2.01. The highest BCUT2D eigenvalue weighted by molar-refractivity contribution is 8.01. The third-order valence-electron chi connectivity index (χ3n) is 1.05. The van der Waals surface area contributed by atoms with Gasteiger partial charge in [-0.3, -0.25) is 0 Å². The predicted molar refractivity (Wildman–Crippen MR) is 48.9 cm³/mol. The number of thiazole rings is 1. The Morgan fingerprint density at radius 3 is 3.08 bits per heavy atom. The van der Waals surface area contributed by atoms with E-state index in [1.54, 1.807) is 0 Å². The number of carbonyl (C=O) groups is 1. The first-order chi connectivity index (χ1) is 5.74. The first kappa shape index (κ1) is 9.50. The van der Waals surface area contributed by atoms with Crippen molar-refractivity contribution in [2.45, 2.75) is 4.34 Å². The van der Waals surface area contributed by atoms with Crippen molar-refractivity contribution in [2.24, 2.45) is 5.73 Å². The molecular formula is C6H8N2O2S2. The predicted octanol–water partition coefficient (Wildman–Crippen LogP) is 0.892. The molecule has 0 atom stereocenters. The Balaban J connectivity index is 2.58. The third kappa shape index (κ3) is 2.47. The average Bonchev–Trinajstić information content (AvgIpc) is 2.48. The summed E-state index contributed by atoms with van der Waals surface area (Å²) in [7, 11) is 0. The Hall–Kier alpha value is -0.590. The number of carboxylic acid groups (broad SMARTS) is 1. The smallest absolute Gasteiger partial charge is 0.355 e. The molecule has 0 fully saturated rings. The molecule has 0 spiro atoms. The molecule has 0 saturated heterocycles. The molecule has 1 aromatic heterocycles. The van der Waals surface area contributed by atoms with Gasteiger partial charge in [-0.25, -0.2) is 9.78 Å². The summed E-state index contributed by atoms with van der Waals surface area (Å²) in [5, 5.41) is 10.1. The van der Waals surface area contributed by atoms with Crippen LogP contribution in [0.2, 0.25) is 0 Å². The summed E-state index contributed by atoms with van der Waals surface area (Å²) >= 11 is 2.81. The number of carboxylic acids is 1. The molecule has 66 valence electrons. The van der Waals surface area contributed by atoms with E-state index in [4.69, 9.17) is 10.8 Å². The fourth-order valence-corrected chi connectivity index (χ4v) is 2.21. The molecule has 1 aromatic rings. The van der Waals surface area contributed by atoms with E-state index in [1.165, 1.54) is 28.5 Å². The zero-order chi connectivity index (χ0) is 8.97. The van der Waals surface area contributed by atoms with E-state index < -0.39 is 5.97 Å². The van der Waals surface area contributed by atoms with Crippen molar-refractivity contribution in [1.29, 1.82) is 0 Å². The summed E-state index contributed by atoms with van der Waals surface area (Å²) in [6.07, 6.45) is 0. The Morgan fingerprint density at radius 2 is 2.58 bits per heavy atom. The van der Waals surface area contributed by atoms with Crippen LogP contribution in [0, 0.1) is 0 Å². The Morgan fingerprint density at radius 1 is 1.83 bits per heavy atom. The monoisotopic (exact) mass is 204 g/mol. The molecule has 12 heavy (non-hydrogen) atoms. The average molecular weight is 204 g/mol. The minimum absolute atomic E-state index is 0.111. The standard InChI is InChI=1S/C6H8N2O2S2/c7-1-2-11-6-8-4(3-12-6)5(9)10/h3H,1-2,7H2,(H,9,10). The van der Waals surface area contributed by atoms with Crippen LogP contribution in [0.15, 0.2) is 9.72 Å². The van der Waals surface area contributed by atoms with Crippen LogP contribution in [-0.2, 0) is 0 Å². The maximum absolute atomic E-state index is 10.4. The number of aromatic nitrogens is 1. The lowest BCUT2D eigenvalue weighted by atomic mass is 10.5. The van der Waals surface area contributed by atoms with Crippen molar-refractivity contribution in [3.05, 3.63) is 11.1 Å². The molecule has 0 bridgehead atoms. The van der Waals surface area contributed by atoms with Crippen LogP contribution >= 0.6 is 23.1 Å². The molecule has 0 aromatic carbocycles. The second-order valence-corrected chi connectivity index (χ2v) is 4.14. The minimum Gasteiger partial charge on any atom is -0.476 e. The molecule has 3 N–H and O–H groups in total. The Labute approximate surface area is 77.8 Å². The van der Waals surface area contributed by atoms with Gasteiger partial charge in [0.15, 0.2) is 10.0 Å². The van der Waals surface area contributed by atoms with E-state index in [0.29, 0.717) is 6.54 Å². The quantitative estimate of drug-likeness (QED) is 0.712. The summed E-state index contributed by atoms with van der Waals surface area (Å²) in [5.74, 6) is -0.210. The fourth-order valence-electron chi connectivity index (χ4n) is 0.568. The third-order valence-corrected chi connectivity index (χ3v) is 3.10. The molecule has 1 heterocycles. The van der Waals surface area contributed by atoms with E-state index in [2.05, 4.69) is 4.98 Å². The number of rotatable bonds is 4. The molecule has 0 saturated carbocycles. The van der Waals surface area contributed by atoms with Crippen molar-refractivity contribution >= 4 is 29.1 Å². The van der Waals surface area contributed by atoms with Gasteiger partial charge in [0, 0.05) is 17.7 Å².